The number of nitriles is 1. The van der Waals surface area contributed by atoms with E-state index < -0.39 is 0 Å². The Kier molecular flexibility index (Phi) is 3.71. The average molecular weight is 188 g/mol. The number of nitrogens with one attached hydrogen (secondary N) is 1. The zero-order valence-electron chi connectivity index (χ0n) is 8.24. The second kappa shape index (κ2) is 5.05. The van der Waals surface area contributed by atoms with Crippen LogP contribution in [0.25, 0.3) is 10.9 Å². The second-order valence-electron chi connectivity index (χ2n) is 2.77. The van der Waals surface area contributed by atoms with Crippen LogP contribution in [0.2, 0.25) is 0 Å². The smallest absolute Gasteiger partial charge is 0.101 e. The first-order valence-electron chi connectivity index (χ1n) is 4.19. The van der Waals surface area contributed by atoms with Gasteiger partial charge in [0.05, 0.1) is 11.1 Å². The largest absolute Gasteiger partial charge is 0.388 e. The highest BCUT2D eigenvalue weighted by Crippen LogP contribution is 2.15. The molecule has 0 amide bonds. The normalized spacial score (nSPS) is 8.93. The predicted octanol–water partition coefficient (Wildman–Crippen LogP) is 2.30. The average Bonchev–Trinajstić information content (AvgIpc) is 2.66. The summed E-state index contributed by atoms with van der Waals surface area (Å²) in [5.74, 6) is 0. The van der Waals surface area contributed by atoms with E-state index in [2.05, 4.69) is 15.8 Å². The molecule has 14 heavy (non-hydrogen) atoms. The minimum atomic E-state index is 0.701. The van der Waals surface area contributed by atoms with Gasteiger partial charge in [0.2, 0.25) is 0 Å². The molecule has 0 aliphatic heterocycles. The molecule has 0 atom stereocenters. The maximum absolute atomic E-state index is 8.68. The van der Waals surface area contributed by atoms with Crippen molar-refractivity contribution in [3.8, 4) is 6.07 Å². The zero-order chi connectivity index (χ0) is 10.4. The minimum Gasteiger partial charge on any atom is -0.388 e. The van der Waals surface area contributed by atoms with Crippen molar-refractivity contribution in [1.29, 1.82) is 5.26 Å². The number of methoxy groups -OCH3 is 1. The number of nitrogens with zero attached hydrogens (tertiary/aromatic N) is 1. The fourth-order valence-corrected chi connectivity index (χ4v) is 1.18. The first-order chi connectivity index (χ1) is 6.83. The lowest BCUT2D eigenvalue weighted by Gasteiger charge is -1.90. The molecule has 72 valence electrons. The Hall–Kier alpha value is -1.79. The number of rotatable bonds is 0. The maximum atomic E-state index is 8.68. The van der Waals surface area contributed by atoms with Gasteiger partial charge < -0.3 is 9.72 Å². The van der Waals surface area contributed by atoms with Gasteiger partial charge in [0.25, 0.3) is 0 Å². The Labute approximate surface area is 82.9 Å². The zero-order valence-corrected chi connectivity index (χ0v) is 8.24. The number of H-pyrrole nitrogens is 1. The number of hydrogen-bond acceptors (Lipinski definition) is 2. The van der Waals surface area contributed by atoms with Crippen molar-refractivity contribution in [2.24, 2.45) is 0 Å². The molecule has 1 aromatic carbocycles. The van der Waals surface area contributed by atoms with E-state index >= 15 is 0 Å². The molecule has 2 aromatic rings. The third-order valence-electron chi connectivity index (χ3n) is 1.71. The number of hydrogen-bond donors (Lipinski definition) is 1. The van der Waals surface area contributed by atoms with Gasteiger partial charge in [-0.3, -0.25) is 0 Å². The van der Waals surface area contributed by atoms with Crippen molar-refractivity contribution in [3.63, 3.8) is 0 Å². The maximum Gasteiger partial charge on any atom is 0.101 e. The van der Waals surface area contributed by atoms with Crippen LogP contribution in [0.4, 0.5) is 0 Å². The second-order valence-corrected chi connectivity index (χ2v) is 2.77. The summed E-state index contributed by atoms with van der Waals surface area (Å²) in [4.78, 5) is 3.02. The van der Waals surface area contributed by atoms with Crippen LogP contribution < -0.4 is 0 Å². The first-order valence-corrected chi connectivity index (χ1v) is 4.19. The lowest BCUT2D eigenvalue weighted by molar-refractivity contribution is 0.277. The summed E-state index contributed by atoms with van der Waals surface area (Å²) >= 11 is 0. The fraction of sp³-hybridized carbons (Fsp3) is 0.182. The van der Waals surface area contributed by atoms with Crippen molar-refractivity contribution < 1.29 is 4.74 Å². The quantitative estimate of drug-likeness (QED) is 0.689. The lowest BCUT2D eigenvalue weighted by atomic mass is 10.2. The van der Waals surface area contributed by atoms with E-state index in [9.17, 15) is 0 Å². The van der Waals surface area contributed by atoms with Crippen LogP contribution in [0, 0.1) is 11.3 Å². The molecular weight excluding hydrogens is 176 g/mol. The highest BCUT2D eigenvalue weighted by Gasteiger charge is 1.97. The van der Waals surface area contributed by atoms with Gasteiger partial charge in [-0.15, -0.1) is 0 Å². The van der Waals surface area contributed by atoms with Crippen molar-refractivity contribution in [3.05, 3.63) is 36.0 Å². The Morgan fingerprint density at radius 1 is 1.29 bits per heavy atom. The number of para-hydroxylation sites is 1. The summed E-state index contributed by atoms with van der Waals surface area (Å²) in [6.07, 6.45) is 1.84. The summed E-state index contributed by atoms with van der Waals surface area (Å²) in [5, 5.41) is 9.77. The Morgan fingerprint density at radius 2 is 2.00 bits per heavy atom. The Balaban J connectivity index is 0.000000293. The summed E-state index contributed by atoms with van der Waals surface area (Å²) in [7, 11) is 3.25. The topological polar surface area (TPSA) is 48.8 Å². The van der Waals surface area contributed by atoms with E-state index in [-0.39, 0.29) is 0 Å². The van der Waals surface area contributed by atoms with Crippen LogP contribution in [0.5, 0.6) is 0 Å². The molecule has 1 aromatic heterocycles. The molecular formula is C11H12N2O. The van der Waals surface area contributed by atoms with E-state index in [4.69, 9.17) is 5.26 Å². The molecule has 0 saturated carbocycles. The van der Waals surface area contributed by atoms with Crippen molar-refractivity contribution in [2.75, 3.05) is 14.2 Å². The molecule has 3 heteroatoms. The van der Waals surface area contributed by atoms with Gasteiger partial charge in [0.1, 0.15) is 6.07 Å². The van der Waals surface area contributed by atoms with Gasteiger partial charge in [0.15, 0.2) is 0 Å². The van der Waals surface area contributed by atoms with E-state index in [1.807, 2.05) is 24.4 Å². The van der Waals surface area contributed by atoms with E-state index in [1.165, 1.54) is 0 Å². The Bertz CT molecular complexity index is 440. The van der Waals surface area contributed by atoms with Gasteiger partial charge in [-0.1, -0.05) is 12.1 Å². The first kappa shape index (κ1) is 10.3. The molecule has 0 bridgehead atoms. The molecule has 0 aliphatic carbocycles. The molecule has 2 rings (SSSR count). The van der Waals surface area contributed by atoms with Crippen molar-refractivity contribution in [2.45, 2.75) is 0 Å². The lowest BCUT2D eigenvalue weighted by Crippen LogP contribution is -1.75. The number of ether oxygens (including phenoxy) is 1. The third kappa shape index (κ3) is 2.12. The van der Waals surface area contributed by atoms with Crippen LogP contribution in [0.15, 0.2) is 30.5 Å². The van der Waals surface area contributed by atoms with Gasteiger partial charge in [-0.2, -0.15) is 5.26 Å². The molecule has 0 fully saturated rings. The van der Waals surface area contributed by atoms with Gasteiger partial charge >= 0.3 is 0 Å². The van der Waals surface area contributed by atoms with E-state index in [1.54, 1.807) is 20.3 Å². The van der Waals surface area contributed by atoms with E-state index in [0.717, 1.165) is 10.9 Å². The highest BCUT2D eigenvalue weighted by atomic mass is 16.4. The standard InChI is InChI=1S/C9H6N2.C2H6O/c10-6-8-3-1-2-7-4-5-11-9(7)8;1-3-2/h1-5,11H;1-2H3. The van der Waals surface area contributed by atoms with Crippen LogP contribution >= 0.6 is 0 Å². The van der Waals surface area contributed by atoms with E-state index in [0.29, 0.717) is 5.56 Å². The molecule has 1 N–H and O–H groups in total. The predicted molar refractivity (Wildman–Crippen MR) is 55.9 cm³/mol. The van der Waals surface area contributed by atoms with Gasteiger partial charge in [-0.05, 0) is 12.1 Å². The summed E-state index contributed by atoms with van der Waals surface area (Å²) in [5.41, 5.74) is 1.63. The van der Waals surface area contributed by atoms with Crippen LogP contribution in [-0.4, -0.2) is 19.2 Å². The molecule has 3 nitrogen and oxygen atoms in total. The van der Waals surface area contributed by atoms with Gasteiger partial charge in [-0.25, -0.2) is 0 Å². The highest BCUT2D eigenvalue weighted by molar-refractivity contribution is 5.84. The number of fused-ring (bicyclic) bond motifs is 1. The number of aromatic amines is 1. The van der Waals surface area contributed by atoms with Crippen LogP contribution in [0.3, 0.4) is 0 Å². The molecule has 0 saturated heterocycles. The summed E-state index contributed by atoms with van der Waals surface area (Å²) < 4.78 is 4.25. The molecule has 0 radical (unpaired) electrons. The molecule has 0 aliphatic rings. The molecule has 0 spiro atoms. The summed E-state index contributed by atoms with van der Waals surface area (Å²) in [6.45, 7) is 0. The number of aromatic nitrogens is 1. The van der Waals surface area contributed by atoms with Crippen LogP contribution in [0.1, 0.15) is 5.56 Å². The summed E-state index contributed by atoms with van der Waals surface area (Å²) in [6, 6.07) is 9.75. The third-order valence-corrected chi connectivity index (χ3v) is 1.71. The SMILES string of the molecule is COC.N#Cc1cccc2cc[nH]c12. The van der Waals surface area contributed by atoms with Crippen LogP contribution in [-0.2, 0) is 4.74 Å². The molecule has 1 heterocycles. The van der Waals surface area contributed by atoms with Gasteiger partial charge in [0, 0.05) is 25.8 Å². The fourth-order valence-electron chi connectivity index (χ4n) is 1.18. The monoisotopic (exact) mass is 188 g/mol. The minimum absolute atomic E-state index is 0.701. The molecule has 0 unspecified atom stereocenters. The number of benzene rings is 1. The van der Waals surface area contributed by atoms with Crippen molar-refractivity contribution in [1.82, 2.24) is 4.98 Å². The van der Waals surface area contributed by atoms with Crippen molar-refractivity contribution >= 4 is 10.9 Å². The Morgan fingerprint density at radius 3 is 2.64 bits per heavy atom.